The third kappa shape index (κ3) is 4.16. The molecule has 5 heteroatoms. The van der Waals surface area contributed by atoms with Crippen LogP contribution in [0.25, 0.3) is 0 Å². The molecule has 0 saturated carbocycles. The molecule has 126 valence electrons. The van der Waals surface area contributed by atoms with Crippen LogP contribution in [0.1, 0.15) is 11.7 Å². The van der Waals surface area contributed by atoms with Crippen LogP contribution < -0.4 is 4.74 Å². The number of ether oxygens (including phenoxy) is 1. The Labute approximate surface area is 151 Å². The fourth-order valence-corrected chi connectivity index (χ4v) is 3.00. The molecule has 1 atom stereocenters. The second-order valence-corrected chi connectivity index (χ2v) is 6.91. The standard InChI is InChI=1S/C19H21BrN2O2/c1-21-11-13-22(14-12-21)19(23)18(15-5-3-2-4-6-15)24-17-9-7-16(20)8-10-17/h2-10,18H,11-14H2,1H3. The molecule has 2 aromatic rings. The highest BCUT2D eigenvalue weighted by molar-refractivity contribution is 9.10. The predicted octanol–water partition coefficient (Wildman–Crippen LogP) is 3.34. The number of likely N-dealkylation sites (N-methyl/N-ethyl adjacent to an activating group) is 1. The van der Waals surface area contributed by atoms with Crippen LogP contribution >= 0.6 is 15.9 Å². The summed E-state index contributed by atoms with van der Waals surface area (Å²) < 4.78 is 7.05. The number of rotatable bonds is 4. The Balaban J connectivity index is 1.82. The quantitative estimate of drug-likeness (QED) is 0.804. The highest BCUT2D eigenvalue weighted by atomic mass is 79.9. The Morgan fingerprint density at radius 3 is 2.25 bits per heavy atom. The molecular formula is C19H21BrN2O2. The predicted molar refractivity (Wildman–Crippen MR) is 98.0 cm³/mol. The van der Waals surface area contributed by atoms with Crippen LogP contribution in [-0.2, 0) is 4.79 Å². The summed E-state index contributed by atoms with van der Waals surface area (Å²) in [5, 5.41) is 0. The minimum atomic E-state index is -0.615. The molecule has 0 bridgehead atoms. The van der Waals surface area contributed by atoms with Crippen LogP contribution in [0.4, 0.5) is 0 Å². The van der Waals surface area contributed by atoms with Gasteiger partial charge in [0.25, 0.3) is 5.91 Å². The first-order valence-electron chi connectivity index (χ1n) is 8.08. The van der Waals surface area contributed by atoms with Crippen molar-refractivity contribution in [2.45, 2.75) is 6.10 Å². The van der Waals surface area contributed by atoms with Gasteiger partial charge >= 0.3 is 0 Å². The van der Waals surface area contributed by atoms with Crippen LogP contribution in [0.15, 0.2) is 59.1 Å². The van der Waals surface area contributed by atoms with Gasteiger partial charge in [0.1, 0.15) is 5.75 Å². The first-order chi connectivity index (χ1) is 11.6. The number of piperazine rings is 1. The van der Waals surface area contributed by atoms with Gasteiger partial charge in [0.2, 0.25) is 6.10 Å². The molecular weight excluding hydrogens is 368 g/mol. The second-order valence-electron chi connectivity index (χ2n) is 5.99. The topological polar surface area (TPSA) is 32.8 Å². The van der Waals surface area contributed by atoms with E-state index in [9.17, 15) is 4.79 Å². The number of carbonyl (C=O) groups excluding carboxylic acids is 1. The van der Waals surface area contributed by atoms with E-state index in [1.54, 1.807) is 0 Å². The van der Waals surface area contributed by atoms with Crippen molar-refractivity contribution in [3.63, 3.8) is 0 Å². The van der Waals surface area contributed by atoms with Crippen molar-refractivity contribution < 1.29 is 9.53 Å². The molecule has 2 aromatic carbocycles. The smallest absolute Gasteiger partial charge is 0.268 e. The molecule has 24 heavy (non-hydrogen) atoms. The van der Waals surface area contributed by atoms with Crippen molar-refractivity contribution in [2.24, 2.45) is 0 Å². The lowest BCUT2D eigenvalue weighted by Gasteiger charge is -2.34. The molecule has 0 aliphatic carbocycles. The average Bonchev–Trinajstić information content (AvgIpc) is 2.62. The van der Waals surface area contributed by atoms with Crippen LogP contribution in [0.2, 0.25) is 0 Å². The fourth-order valence-electron chi connectivity index (χ4n) is 2.73. The summed E-state index contributed by atoms with van der Waals surface area (Å²) in [6.45, 7) is 3.27. The van der Waals surface area contributed by atoms with Crippen LogP contribution in [0, 0.1) is 0 Å². The zero-order chi connectivity index (χ0) is 16.9. The number of amides is 1. The summed E-state index contributed by atoms with van der Waals surface area (Å²) in [6.07, 6.45) is -0.615. The van der Waals surface area contributed by atoms with Crippen LogP contribution in [0.3, 0.4) is 0 Å². The Bertz CT molecular complexity index is 668. The van der Waals surface area contributed by atoms with E-state index in [4.69, 9.17) is 4.74 Å². The van der Waals surface area contributed by atoms with Gasteiger partial charge in [-0.2, -0.15) is 0 Å². The van der Waals surface area contributed by atoms with Crippen molar-refractivity contribution >= 4 is 21.8 Å². The van der Waals surface area contributed by atoms with E-state index in [-0.39, 0.29) is 5.91 Å². The van der Waals surface area contributed by atoms with E-state index >= 15 is 0 Å². The molecule has 4 nitrogen and oxygen atoms in total. The number of nitrogens with zero attached hydrogens (tertiary/aromatic N) is 2. The first-order valence-corrected chi connectivity index (χ1v) is 8.87. The normalized spacial score (nSPS) is 16.7. The molecule has 1 fully saturated rings. The maximum Gasteiger partial charge on any atom is 0.268 e. The van der Waals surface area contributed by atoms with Gasteiger partial charge in [0.05, 0.1) is 0 Å². The Morgan fingerprint density at radius 1 is 1.00 bits per heavy atom. The summed E-state index contributed by atoms with van der Waals surface area (Å²) in [4.78, 5) is 17.2. The number of hydrogen-bond donors (Lipinski definition) is 0. The summed E-state index contributed by atoms with van der Waals surface area (Å²) >= 11 is 3.42. The molecule has 1 heterocycles. The number of carbonyl (C=O) groups is 1. The van der Waals surface area contributed by atoms with Gasteiger partial charge in [-0.25, -0.2) is 0 Å². The van der Waals surface area contributed by atoms with Gasteiger partial charge in [0, 0.05) is 36.2 Å². The summed E-state index contributed by atoms with van der Waals surface area (Å²) in [5.74, 6) is 0.715. The van der Waals surface area contributed by atoms with Crippen molar-refractivity contribution in [2.75, 3.05) is 33.2 Å². The van der Waals surface area contributed by atoms with Gasteiger partial charge < -0.3 is 14.5 Å². The molecule has 0 spiro atoms. The molecule has 0 N–H and O–H groups in total. The number of hydrogen-bond acceptors (Lipinski definition) is 3. The lowest BCUT2D eigenvalue weighted by Crippen LogP contribution is -2.49. The maximum absolute atomic E-state index is 13.0. The molecule has 0 aromatic heterocycles. The summed E-state index contributed by atoms with van der Waals surface area (Å²) in [7, 11) is 2.08. The van der Waals surface area contributed by atoms with Crippen LogP contribution in [-0.4, -0.2) is 48.9 Å². The van der Waals surface area contributed by atoms with Crippen molar-refractivity contribution in [1.29, 1.82) is 0 Å². The van der Waals surface area contributed by atoms with Gasteiger partial charge in [0.15, 0.2) is 0 Å². The lowest BCUT2D eigenvalue weighted by molar-refractivity contribution is -0.140. The van der Waals surface area contributed by atoms with E-state index in [0.29, 0.717) is 5.75 Å². The molecule has 1 aliphatic heterocycles. The monoisotopic (exact) mass is 388 g/mol. The van der Waals surface area contributed by atoms with Gasteiger partial charge in [-0.05, 0) is 31.3 Å². The van der Waals surface area contributed by atoms with E-state index in [0.717, 1.165) is 36.2 Å². The Kier molecular flexibility index (Phi) is 5.53. The van der Waals surface area contributed by atoms with E-state index in [1.807, 2.05) is 59.5 Å². The molecule has 1 saturated heterocycles. The van der Waals surface area contributed by atoms with Gasteiger partial charge in [-0.1, -0.05) is 46.3 Å². The Morgan fingerprint density at radius 2 is 1.62 bits per heavy atom. The zero-order valence-electron chi connectivity index (χ0n) is 13.7. The van der Waals surface area contributed by atoms with Gasteiger partial charge in [-0.3, -0.25) is 4.79 Å². The SMILES string of the molecule is CN1CCN(C(=O)C(Oc2ccc(Br)cc2)c2ccccc2)CC1. The fraction of sp³-hybridized carbons (Fsp3) is 0.316. The highest BCUT2D eigenvalue weighted by Crippen LogP contribution is 2.25. The van der Waals surface area contributed by atoms with Crippen LogP contribution in [0.5, 0.6) is 5.75 Å². The summed E-state index contributed by atoms with van der Waals surface area (Å²) in [5.41, 5.74) is 0.879. The minimum Gasteiger partial charge on any atom is -0.476 e. The molecule has 1 amide bonds. The largest absolute Gasteiger partial charge is 0.476 e. The molecule has 0 radical (unpaired) electrons. The highest BCUT2D eigenvalue weighted by Gasteiger charge is 2.29. The van der Waals surface area contributed by atoms with E-state index in [2.05, 4.69) is 27.9 Å². The van der Waals surface area contributed by atoms with E-state index < -0.39 is 6.10 Å². The van der Waals surface area contributed by atoms with Gasteiger partial charge in [-0.15, -0.1) is 0 Å². The third-order valence-corrected chi connectivity index (χ3v) is 4.74. The number of benzene rings is 2. The molecule has 1 unspecified atom stereocenters. The third-order valence-electron chi connectivity index (χ3n) is 4.21. The Hall–Kier alpha value is -1.85. The first kappa shape index (κ1) is 17.0. The summed E-state index contributed by atoms with van der Waals surface area (Å²) in [6, 6.07) is 17.3. The second kappa shape index (κ2) is 7.81. The van der Waals surface area contributed by atoms with Crippen molar-refractivity contribution in [3.05, 3.63) is 64.6 Å². The molecule has 1 aliphatic rings. The van der Waals surface area contributed by atoms with Crippen molar-refractivity contribution in [1.82, 2.24) is 9.80 Å². The van der Waals surface area contributed by atoms with Crippen molar-refractivity contribution in [3.8, 4) is 5.75 Å². The minimum absolute atomic E-state index is 0.0252. The average molecular weight is 389 g/mol. The number of halogens is 1. The zero-order valence-corrected chi connectivity index (χ0v) is 15.3. The maximum atomic E-state index is 13.0. The lowest BCUT2D eigenvalue weighted by atomic mass is 10.1. The van der Waals surface area contributed by atoms with E-state index in [1.165, 1.54) is 0 Å². The molecule has 3 rings (SSSR count).